The molecule has 1 aliphatic rings. The van der Waals surface area contributed by atoms with Crippen molar-refractivity contribution in [1.29, 1.82) is 0 Å². The molecule has 1 amide bonds. The van der Waals surface area contributed by atoms with Crippen molar-refractivity contribution >= 4 is 17.5 Å². The second-order valence-electron chi connectivity index (χ2n) is 6.58. The zero-order chi connectivity index (χ0) is 18.5. The van der Waals surface area contributed by atoms with Gasteiger partial charge in [0, 0.05) is 37.5 Å². The SMILES string of the molecule is CC(=O)N1CCn2c1nc(-c1cccc(C)n1)c2-c1ccc2ncnn2c1. The molecule has 1 aliphatic heterocycles. The van der Waals surface area contributed by atoms with Gasteiger partial charge in [0.05, 0.1) is 11.4 Å². The van der Waals surface area contributed by atoms with Gasteiger partial charge < -0.3 is 4.57 Å². The minimum absolute atomic E-state index is 0.0132. The molecule has 4 aromatic heterocycles. The first-order chi connectivity index (χ1) is 13.1. The first-order valence-electron chi connectivity index (χ1n) is 8.74. The van der Waals surface area contributed by atoms with Crippen LogP contribution in [0, 0.1) is 6.92 Å². The molecule has 0 atom stereocenters. The average molecular weight is 359 g/mol. The second kappa shape index (κ2) is 5.73. The summed E-state index contributed by atoms with van der Waals surface area (Å²) in [7, 11) is 0. The third-order valence-corrected chi connectivity index (χ3v) is 4.79. The summed E-state index contributed by atoms with van der Waals surface area (Å²) in [5, 5.41) is 4.24. The molecule has 5 heterocycles. The predicted molar refractivity (Wildman–Crippen MR) is 100 cm³/mol. The quantitative estimate of drug-likeness (QED) is 0.549. The molecule has 27 heavy (non-hydrogen) atoms. The van der Waals surface area contributed by atoms with Crippen molar-refractivity contribution < 1.29 is 4.79 Å². The molecule has 8 heteroatoms. The van der Waals surface area contributed by atoms with Gasteiger partial charge in [0.25, 0.3) is 0 Å². The maximum absolute atomic E-state index is 12.0. The van der Waals surface area contributed by atoms with Crippen molar-refractivity contribution in [2.24, 2.45) is 0 Å². The fourth-order valence-electron chi connectivity index (χ4n) is 3.56. The van der Waals surface area contributed by atoms with E-state index >= 15 is 0 Å². The Morgan fingerprint density at radius 2 is 2.00 bits per heavy atom. The van der Waals surface area contributed by atoms with E-state index in [4.69, 9.17) is 4.98 Å². The fraction of sp³-hybridized carbons (Fsp3) is 0.211. The highest BCUT2D eigenvalue weighted by Crippen LogP contribution is 2.37. The van der Waals surface area contributed by atoms with Gasteiger partial charge in [-0.2, -0.15) is 5.10 Å². The summed E-state index contributed by atoms with van der Waals surface area (Å²) < 4.78 is 3.82. The Labute approximate surface area is 155 Å². The lowest BCUT2D eigenvalue weighted by atomic mass is 10.1. The number of hydrogen-bond acceptors (Lipinski definition) is 5. The molecule has 0 N–H and O–H groups in total. The molecule has 0 saturated heterocycles. The third kappa shape index (κ3) is 2.41. The molecule has 134 valence electrons. The van der Waals surface area contributed by atoms with Gasteiger partial charge in [-0.3, -0.25) is 14.7 Å². The van der Waals surface area contributed by atoms with E-state index < -0.39 is 0 Å². The number of nitrogens with zero attached hydrogens (tertiary/aromatic N) is 7. The number of anilines is 1. The molecular weight excluding hydrogens is 342 g/mol. The topological polar surface area (TPSA) is 81.2 Å². The highest BCUT2D eigenvalue weighted by molar-refractivity contribution is 5.92. The second-order valence-corrected chi connectivity index (χ2v) is 6.58. The smallest absolute Gasteiger partial charge is 0.226 e. The summed E-state index contributed by atoms with van der Waals surface area (Å²) in [6, 6.07) is 9.80. The predicted octanol–water partition coefficient (Wildman–Crippen LogP) is 2.33. The number of carbonyl (C=O) groups excluding carboxylic acids is 1. The molecule has 0 aromatic carbocycles. The molecule has 0 saturated carbocycles. The number of hydrogen-bond donors (Lipinski definition) is 0. The van der Waals surface area contributed by atoms with Crippen LogP contribution in [-0.4, -0.2) is 41.6 Å². The molecule has 0 unspecified atom stereocenters. The monoisotopic (exact) mass is 359 g/mol. The Morgan fingerprint density at radius 3 is 2.81 bits per heavy atom. The molecule has 4 aromatic rings. The lowest BCUT2D eigenvalue weighted by molar-refractivity contribution is -0.116. The minimum atomic E-state index is -0.0132. The van der Waals surface area contributed by atoms with Gasteiger partial charge in [-0.05, 0) is 31.2 Å². The van der Waals surface area contributed by atoms with Gasteiger partial charge in [-0.1, -0.05) is 6.07 Å². The fourth-order valence-corrected chi connectivity index (χ4v) is 3.56. The molecule has 0 aliphatic carbocycles. The first-order valence-corrected chi connectivity index (χ1v) is 8.74. The van der Waals surface area contributed by atoms with Crippen LogP contribution >= 0.6 is 0 Å². The van der Waals surface area contributed by atoms with E-state index in [1.54, 1.807) is 16.3 Å². The number of carbonyl (C=O) groups is 1. The van der Waals surface area contributed by atoms with Gasteiger partial charge in [0.15, 0.2) is 5.65 Å². The van der Waals surface area contributed by atoms with Crippen LogP contribution in [0.4, 0.5) is 5.95 Å². The highest BCUT2D eigenvalue weighted by Gasteiger charge is 2.30. The standard InChI is InChI=1S/C19H17N7O/c1-12-4-3-5-15(22-12)17-18(14-6-7-16-20-11-21-26(16)10-14)25-9-8-24(13(2)27)19(25)23-17/h3-7,10-11H,8-9H2,1-2H3. The van der Waals surface area contributed by atoms with Crippen LogP contribution in [0.25, 0.3) is 28.3 Å². The maximum atomic E-state index is 12.0. The number of fused-ring (bicyclic) bond motifs is 2. The Bertz CT molecular complexity index is 1190. The lowest BCUT2D eigenvalue weighted by Gasteiger charge is -2.09. The molecular formula is C19H17N7O. The van der Waals surface area contributed by atoms with Crippen molar-refractivity contribution in [3.63, 3.8) is 0 Å². The van der Waals surface area contributed by atoms with Crippen LogP contribution in [0.2, 0.25) is 0 Å². The summed E-state index contributed by atoms with van der Waals surface area (Å²) in [5.74, 6) is 0.648. The third-order valence-electron chi connectivity index (χ3n) is 4.79. The lowest BCUT2D eigenvalue weighted by Crippen LogP contribution is -2.26. The van der Waals surface area contributed by atoms with Gasteiger partial charge >= 0.3 is 0 Å². The van der Waals surface area contributed by atoms with Crippen molar-refractivity contribution in [3.05, 3.63) is 48.5 Å². The zero-order valence-electron chi connectivity index (χ0n) is 15.0. The summed E-state index contributed by atoms with van der Waals surface area (Å²) in [6.45, 7) is 4.84. The molecule has 0 fully saturated rings. The minimum Gasteiger partial charge on any atom is -0.307 e. The van der Waals surface area contributed by atoms with Crippen LogP contribution in [0.1, 0.15) is 12.6 Å². The van der Waals surface area contributed by atoms with Gasteiger partial charge in [-0.15, -0.1) is 0 Å². The number of amides is 1. The van der Waals surface area contributed by atoms with Gasteiger partial charge in [0.2, 0.25) is 11.9 Å². The zero-order valence-corrected chi connectivity index (χ0v) is 15.0. The molecule has 5 rings (SSSR count). The summed E-state index contributed by atoms with van der Waals surface area (Å²) in [6.07, 6.45) is 3.46. The Kier molecular flexibility index (Phi) is 3.33. The molecule has 0 spiro atoms. The van der Waals surface area contributed by atoms with E-state index in [1.165, 1.54) is 6.33 Å². The van der Waals surface area contributed by atoms with E-state index in [1.807, 2.05) is 43.5 Å². The van der Waals surface area contributed by atoms with Crippen molar-refractivity contribution in [1.82, 2.24) is 29.1 Å². The van der Waals surface area contributed by atoms with Crippen molar-refractivity contribution in [2.45, 2.75) is 20.4 Å². The van der Waals surface area contributed by atoms with Gasteiger partial charge in [0.1, 0.15) is 12.0 Å². The molecule has 8 nitrogen and oxygen atoms in total. The summed E-state index contributed by atoms with van der Waals surface area (Å²) in [5.41, 5.74) is 5.13. The maximum Gasteiger partial charge on any atom is 0.226 e. The Hall–Kier alpha value is -3.55. The summed E-state index contributed by atoms with van der Waals surface area (Å²) in [4.78, 5) is 27.4. The number of pyridine rings is 2. The Morgan fingerprint density at radius 1 is 1.11 bits per heavy atom. The van der Waals surface area contributed by atoms with Crippen LogP contribution < -0.4 is 4.90 Å². The van der Waals surface area contributed by atoms with E-state index in [-0.39, 0.29) is 5.91 Å². The highest BCUT2D eigenvalue weighted by atomic mass is 16.2. The van der Waals surface area contributed by atoms with Crippen LogP contribution in [0.15, 0.2) is 42.9 Å². The Balaban J connectivity index is 1.77. The van der Waals surface area contributed by atoms with E-state index in [0.717, 1.165) is 34.0 Å². The van der Waals surface area contributed by atoms with Crippen molar-refractivity contribution in [3.8, 4) is 22.6 Å². The average Bonchev–Trinajstić information content (AvgIpc) is 3.35. The van der Waals surface area contributed by atoms with Crippen molar-refractivity contribution in [2.75, 3.05) is 11.4 Å². The van der Waals surface area contributed by atoms with Crippen LogP contribution in [0.3, 0.4) is 0 Å². The number of rotatable bonds is 2. The van der Waals surface area contributed by atoms with E-state index in [9.17, 15) is 4.79 Å². The molecule has 0 bridgehead atoms. The summed E-state index contributed by atoms with van der Waals surface area (Å²) >= 11 is 0. The molecule has 0 radical (unpaired) electrons. The van der Waals surface area contributed by atoms with E-state index in [0.29, 0.717) is 19.0 Å². The number of aryl methyl sites for hydroxylation is 1. The number of imidazole rings is 1. The largest absolute Gasteiger partial charge is 0.307 e. The van der Waals surface area contributed by atoms with Crippen LogP contribution in [0.5, 0.6) is 0 Å². The van der Waals surface area contributed by atoms with E-state index in [2.05, 4.69) is 19.6 Å². The van der Waals surface area contributed by atoms with Gasteiger partial charge in [-0.25, -0.2) is 14.5 Å². The first kappa shape index (κ1) is 15.7. The van der Waals surface area contributed by atoms with Crippen LogP contribution in [-0.2, 0) is 11.3 Å². The normalized spacial score (nSPS) is 13.3. The number of aromatic nitrogens is 6.